The predicted octanol–water partition coefficient (Wildman–Crippen LogP) is 2.16. The van der Waals surface area contributed by atoms with E-state index in [-0.39, 0.29) is 17.9 Å². The number of rotatable bonds is 5. The maximum atomic E-state index is 12.6. The van der Waals surface area contributed by atoms with Gasteiger partial charge >= 0.3 is 0 Å². The van der Waals surface area contributed by atoms with Crippen molar-refractivity contribution in [2.24, 2.45) is 11.8 Å². The molecule has 4 nitrogen and oxygen atoms in total. The van der Waals surface area contributed by atoms with Gasteiger partial charge < -0.3 is 15.3 Å². The molecule has 0 radical (unpaired) electrons. The van der Waals surface area contributed by atoms with Gasteiger partial charge in [0.2, 0.25) is 5.91 Å². The van der Waals surface area contributed by atoms with Gasteiger partial charge in [0.25, 0.3) is 0 Å². The summed E-state index contributed by atoms with van der Waals surface area (Å²) in [6, 6.07) is -0.161. The first-order chi connectivity index (χ1) is 9.91. The first-order valence-corrected chi connectivity index (χ1v) is 8.66. The summed E-state index contributed by atoms with van der Waals surface area (Å²) in [6.45, 7) is 8.75. The second-order valence-corrected chi connectivity index (χ2v) is 7.54. The van der Waals surface area contributed by atoms with Crippen molar-refractivity contribution in [2.75, 3.05) is 19.6 Å². The molecule has 122 valence electrons. The molecule has 0 aromatic rings. The van der Waals surface area contributed by atoms with E-state index in [1.165, 1.54) is 0 Å². The highest BCUT2D eigenvalue weighted by Crippen LogP contribution is 2.31. The topological polar surface area (TPSA) is 52.6 Å². The lowest BCUT2D eigenvalue weighted by Crippen LogP contribution is -2.53. The third-order valence-corrected chi connectivity index (χ3v) is 5.21. The zero-order valence-electron chi connectivity index (χ0n) is 13.9. The Morgan fingerprint density at radius 2 is 1.86 bits per heavy atom. The lowest BCUT2D eigenvalue weighted by atomic mass is 9.79. The van der Waals surface area contributed by atoms with E-state index in [0.29, 0.717) is 6.54 Å². The third-order valence-electron chi connectivity index (χ3n) is 5.21. The normalized spacial score (nSPS) is 31.7. The fourth-order valence-electron chi connectivity index (χ4n) is 3.52. The Morgan fingerprint density at radius 3 is 2.38 bits per heavy atom. The molecule has 0 spiro atoms. The molecule has 2 fully saturated rings. The van der Waals surface area contributed by atoms with Gasteiger partial charge in [-0.25, -0.2) is 0 Å². The minimum absolute atomic E-state index is 0.161. The van der Waals surface area contributed by atoms with E-state index in [0.717, 1.165) is 57.5 Å². The maximum Gasteiger partial charge on any atom is 0.239 e. The van der Waals surface area contributed by atoms with Crippen molar-refractivity contribution >= 4 is 5.91 Å². The Labute approximate surface area is 129 Å². The monoisotopic (exact) mass is 296 g/mol. The molecule has 2 aliphatic rings. The zero-order valence-corrected chi connectivity index (χ0v) is 13.9. The minimum Gasteiger partial charge on any atom is -0.389 e. The van der Waals surface area contributed by atoms with Crippen LogP contribution in [0.3, 0.4) is 0 Å². The number of likely N-dealkylation sites (tertiary alicyclic amines) is 1. The summed E-state index contributed by atoms with van der Waals surface area (Å²) in [4.78, 5) is 14.6. The van der Waals surface area contributed by atoms with Crippen molar-refractivity contribution in [1.29, 1.82) is 0 Å². The fourth-order valence-corrected chi connectivity index (χ4v) is 3.52. The van der Waals surface area contributed by atoms with Crippen LogP contribution in [0.4, 0.5) is 0 Å². The Balaban J connectivity index is 1.89. The molecule has 1 heterocycles. The first kappa shape index (κ1) is 16.8. The molecule has 1 saturated heterocycles. The van der Waals surface area contributed by atoms with Crippen LogP contribution in [0.25, 0.3) is 0 Å². The average Bonchev–Trinajstić information content (AvgIpc) is 2.96. The van der Waals surface area contributed by atoms with E-state index in [1.807, 2.05) is 4.90 Å². The molecule has 1 aliphatic carbocycles. The summed E-state index contributed by atoms with van der Waals surface area (Å²) in [7, 11) is 0. The lowest BCUT2D eigenvalue weighted by Gasteiger charge is -2.37. The lowest BCUT2D eigenvalue weighted by molar-refractivity contribution is -0.133. The molecule has 1 atom stereocenters. The van der Waals surface area contributed by atoms with E-state index in [4.69, 9.17) is 0 Å². The van der Waals surface area contributed by atoms with Crippen LogP contribution >= 0.6 is 0 Å². The number of aliphatic hydroxyl groups is 1. The highest BCUT2D eigenvalue weighted by molar-refractivity contribution is 5.82. The highest BCUT2D eigenvalue weighted by atomic mass is 16.3. The molecule has 4 heteroatoms. The van der Waals surface area contributed by atoms with Crippen LogP contribution < -0.4 is 5.32 Å². The van der Waals surface area contributed by atoms with Gasteiger partial charge in [-0.15, -0.1) is 0 Å². The SMILES string of the molecule is CC1CCC(O)(CN[C@H](C(=O)N2CCCC2)C(C)C)CC1. The van der Waals surface area contributed by atoms with Crippen LogP contribution in [-0.2, 0) is 4.79 Å². The summed E-state index contributed by atoms with van der Waals surface area (Å²) in [5, 5.41) is 14.1. The van der Waals surface area contributed by atoms with Gasteiger partial charge in [0.05, 0.1) is 11.6 Å². The summed E-state index contributed by atoms with van der Waals surface area (Å²) < 4.78 is 0. The average molecular weight is 296 g/mol. The van der Waals surface area contributed by atoms with Crippen molar-refractivity contribution in [3.8, 4) is 0 Å². The molecular weight excluding hydrogens is 264 g/mol. The molecule has 0 unspecified atom stereocenters. The summed E-state index contributed by atoms with van der Waals surface area (Å²) in [5.74, 6) is 1.19. The van der Waals surface area contributed by atoms with Crippen molar-refractivity contribution in [2.45, 2.75) is 70.9 Å². The summed E-state index contributed by atoms with van der Waals surface area (Å²) >= 11 is 0. The number of hydrogen-bond donors (Lipinski definition) is 2. The van der Waals surface area contributed by atoms with E-state index in [2.05, 4.69) is 26.1 Å². The Morgan fingerprint density at radius 1 is 1.29 bits per heavy atom. The fraction of sp³-hybridized carbons (Fsp3) is 0.941. The Bertz CT molecular complexity index is 343. The number of amides is 1. The van der Waals surface area contributed by atoms with Crippen molar-refractivity contribution in [3.63, 3.8) is 0 Å². The van der Waals surface area contributed by atoms with Gasteiger partial charge in [0.15, 0.2) is 0 Å². The molecule has 2 N–H and O–H groups in total. The van der Waals surface area contributed by atoms with Gasteiger partial charge in [-0.05, 0) is 50.4 Å². The van der Waals surface area contributed by atoms with Gasteiger partial charge in [0, 0.05) is 19.6 Å². The maximum absolute atomic E-state index is 12.6. The molecule has 21 heavy (non-hydrogen) atoms. The van der Waals surface area contributed by atoms with E-state index >= 15 is 0 Å². The van der Waals surface area contributed by atoms with Gasteiger partial charge in [-0.3, -0.25) is 4.79 Å². The second kappa shape index (κ2) is 7.10. The summed E-state index contributed by atoms with van der Waals surface area (Å²) in [5.41, 5.74) is -0.620. The quantitative estimate of drug-likeness (QED) is 0.817. The van der Waals surface area contributed by atoms with Crippen molar-refractivity contribution in [3.05, 3.63) is 0 Å². The van der Waals surface area contributed by atoms with Gasteiger partial charge in [-0.2, -0.15) is 0 Å². The third kappa shape index (κ3) is 4.43. The molecule has 0 aromatic carbocycles. The Kier molecular flexibility index (Phi) is 5.67. The zero-order chi connectivity index (χ0) is 15.5. The molecule has 0 bridgehead atoms. The molecule has 1 saturated carbocycles. The number of nitrogens with one attached hydrogen (secondary N) is 1. The number of carbonyl (C=O) groups is 1. The van der Waals surface area contributed by atoms with E-state index in [1.54, 1.807) is 0 Å². The molecule has 2 rings (SSSR count). The molecule has 1 amide bonds. The summed E-state index contributed by atoms with van der Waals surface area (Å²) in [6.07, 6.45) is 6.12. The highest BCUT2D eigenvalue weighted by Gasteiger charge is 2.35. The van der Waals surface area contributed by atoms with Gasteiger partial charge in [0.1, 0.15) is 0 Å². The molecule has 0 aromatic heterocycles. The smallest absolute Gasteiger partial charge is 0.239 e. The predicted molar refractivity (Wildman–Crippen MR) is 85.0 cm³/mol. The number of hydrogen-bond acceptors (Lipinski definition) is 3. The first-order valence-electron chi connectivity index (χ1n) is 8.66. The van der Waals surface area contributed by atoms with E-state index in [9.17, 15) is 9.90 Å². The van der Waals surface area contributed by atoms with Crippen LogP contribution in [0.2, 0.25) is 0 Å². The molecular formula is C17H32N2O2. The van der Waals surface area contributed by atoms with Crippen molar-refractivity contribution in [1.82, 2.24) is 10.2 Å². The number of nitrogens with zero attached hydrogens (tertiary/aromatic N) is 1. The van der Waals surface area contributed by atoms with Crippen molar-refractivity contribution < 1.29 is 9.90 Å². The minimum atomic E-state index is -0.620. The van der Waals surface area contributed by atoms with Crippen LogP contribution in [0, 0.1) is 11.8 Å². The van der Waals surface area contributed by atoms with Crippen LogP contribution in [0.1, 0.15) is 59.3 Å². The largest absolute Gasteiger partial charge is 0.389 e. The van der Waals surface area contributed by atoms with Crippen LogP contribution in [0.15, 0.2) is 0 Å². The van der Waals surface area contributed by atoms with E-state index < -0.39 is 5.60 Å². The molecule has 1 aliphatic heterocycles. The van der Waals surface area contributed by atoms with Crippen LogP contribution in [-0.4, -0.2) is 47.2 Å². The second-order valence-electron chi connectivity index (χ2n) is 7.54. The number of carbonyl (C=O) groups excluding carboxylic acids is 1. The standard InChI is InChI=1S/C17H32N2O2/c1-13(2)15(16(20)19-10-4-5-11-19)18-12-17(21)8-6-14(3)7-9-17/h13-15,18,21H,4-12H2,1-3H3/t14?,15-,17?/m0/s1. The van der Waals surface area contributed by atoms with Gasteiger partial charge in [-0.1, -0.05) is 20.8 Å². The van der Waals surface area contributed by atoms with Crippen LogP contribution in [0.5, 0.6) is 0 Å². The Hall–Kier alpha value is -0.610.